The lowest BCUT2D eigenvalue weighted by Gasteiger charge is -2.17. The molecule has 0 aliphatic rings. The van der Waals surface area contributed by atoms with E-state index in [0.29, 0.717) is 0 Å². The first-order chi connectivity index (χ1) is 8.20. The van der Waals surface area contributed by atoms with E-state index in [9.17, 15) is 4.79 Å². The molecule has 0 N–H and O–H groups in total. The van der Waals surface area contributed by atoms with Crippen LogP contribution in [0.3, 0.4) is 0 Å². The summed E-state index contributed by atoms with van der Waals surface area (Å²) in [7, 11) is 0. The van der Waals surface area contributed by atoms with Gasteiger partial charge in [0.2, 0.25) is 0 Å². The van der Waals surface area contributed by atoms with Gasteiger partial charge in [-0.3, -0.25) is 4.79 Å². The average Bonchev–Trinajstić information content (AvgIpc) is 2.39. The van der Waals surface area contributed by atoms with E-state index in [1.165, 1.54) is 0 Å². The van der Waals surface area contributed by atoms with Crippen molar-refractivity contribution in [2.45, 2.75) is 44.9 Å². The van der Waals surface area contributed by atoms with E-state index >= 15 is 0 Å². The van der Waals surface area contributed by atoms with Crippen molar-refractivity contribution in [3.8, 4) is 0 Å². The molecule has 0 aliphatic carbocycles. The zero-order chi connectivity index (χ0) is 12.7. The molecule has 1 nitrogen and oxygen atoms in total. The number of carbonyl (C=O) groups is 1. The molecule has 0 saturated carbocycles. The van der Waals surface area contributed by atoms with E-state index in [1.54, 1.807) is 0 Å². The second-order valence-corrected chi connectivity index (χ2v) is 4.86. The first-order valence-corrected chi connectivity index (χ1v) is 6.87. The Morgan fingerprint density at radius 1 is 1.24 bits per heavy atom. The summed E-state index contributed by atoms with van der Waals surface area (Å²) in [5.74, 6) is 0.284. The molecule has 0 bridgehead atoms. The van der Waals surface area contributed by atoms with Gasteiger partial charge in [0, 0.05) is 5.92 Å². The van der Waals surface area contributed by atoms with E-state index in [0.717, 1.165) is 31.2 Å². The Morgan fingerprint density at radius 3 is 2.41 bits per heavy atom. The Morgan fingerprint density at radius 2 is 1.88 bits per heavy atom. The van der Waals surface area contributed by atoms with Crippen LogP contribution in [0.25, 0.3) is 0 Å². The lowest BCUT2D eigenvalue weighted by molar-refractivity contribution is -0.123. The Balaban J connectivity index is 2.67. The number of rotatable bonds is 7. The van der Waals surface area contributed by atoms with Crippen molar-refractivity contribution in [1.29, 1.82) is 0 Å². The summed E-state index contributed by atoms with van der Waals surface area (Å²) < 4.78 is 0. The number of halogens is 1. The van der Waals surface area contributed by atoms with E-state index in [4.69, 9.17) is 11.6 Å². The quantitative estimate of drug-likeness (QED) is 0.640. The van der Waals surface area contributed by atoms with Gasteiger partial charge in [0.05, 0.1) is 0 Å². The van der Waals surface area contributed by atoms with E-state index in [2.05, 4.69) is 13.8 Å². The monoisotopic (exact) mass is 252 g/mol. The molecule has 0 fully saturated rings. The second kappa shape index (κ2) is 7.50. The standard InChI is InChI=1S/C15H21ClO/c1-3-5-9-12(4-2)15(17)14(16)13-10-7-6-8-11-13/h6-8,10-12,14H,3-5,9H2,1-2H3. The van der Waals surface area contributed by atoms with Crippen LogP contribution in [0.2, 0.25) is 0 Å². The lowest BCUT2D eigenvalue weighted by atomic mass is 9.91. The topological polar surface area (TPSA) is 17.1 Å². The van der Waals surface area contributed by atoms with E-state index < -0.39 is 5.38 Å². The van der Waals surface area contributed by atoms with Gasteiger partial charge < -0.3 is 0 Å². The van der Waals surface area contributed by atoms with Crippen LogP contribution in [0.4, 0.5) is 0 Å². The zero-order valence-corrected chi connectivity index (χ0v) is 11.4. The Bertz CT molecular complexity index is 334. The smallest absolute Gasteiger partial charge is 0.158 e. The molecule has 0 aromatic heterocycles. The summed E-state index contributed by atoms with van der Waals surface area (Å²) in [6.45, 7) is 4.21. The molecule has 2 atom stereocenters. The van der Waals surface area contributed by atoms with Gasteiger partial charge in [-0.1, -0.05) is 57.0 Å². The predicted octanol–water partition coefficient (Wildman–Crippen LogP) is 4.75. The van der Waals surface area contributed by atoms with Gasteiger partial charge in [0.15, 0.2) is 5.78 Å². The van der Waals surface area contributed by atoms with E-state index in [1.807, 2.05) is 30.3 Å². The third kappa shape index (κ3) is 4.16. The third-order valence-corrected chi connectivity index (χ3v) is 3.61. The lowest BCUT2D eigenvalue weighted by Crippen LogP contribution is -2.18. The molecule has 94 valence electrons. The van der Waals surface area contributed by atoms with E-state index in [-0.39, 0.29) is 11.7 Å². The number of alkyl halides is 1. The van der Waals surface area contributed by atoms with Gasteiger partial charge in [-0.05, 0) is 18.4 Å². The summed E-state index contributed by atoms with van der Waals surface area (Å²) in [5.41, 5.74) is 0.911. The minimum atomic E-state index is -0.488. The summed E-state index contributed by atoms with van der Waals surface area (Å²) in [5, 5.41) is -0.488. The fraction of sp³-hybridized carbons (Fsp3) is 0.533. The molecule has 0 radical (unpaired) electrons. The highest BCUT2D eigenvalue weighted by Gasteiger charge is 2.24. The number of ketones is 1. The van der Waals surface area contributed by atoms with Crippen LogP contribution in [-0.4, -0.2) is 5.78 Å². The summed E-state index contributed by atoms with van der Waals surface area (Å²) in [6, 6.07) is 9.62. The Labute approximate surface area is 109 Å². The molecular weight excluding hydrogens is 232 g/mol. The summed E-state index contributed by atoms with van der Waals surface area (Å²) >= 11 is 6.26. The van der Waals surface area contributed by atoms with Crippen LogP contribution >= 0.6 is 11.6 Å². The molecular formula is C15H21ClO. The molecule has 0 saturated heterocycles. The molecule has 0 amide bonds. The van der Waals surface area contributed by atoms with Gasteiger partial charge in [-0.25, -0.2) is 0 Å². The minimum absolute atomic E-state index is 0.109. The summed E-state index contributed by atoms with van der Waals surface area (Å²) in [6.07, 6.45) is 4.07. The molecule has 1 aromatic carbocycles. The first kappa shape index (κ1) is 14.2. The molecule has 2 unspecified atom stereocenters. The normalized spacial score (nSPS) is 14.3. The van der Waals surface area contributed by atoms with Gasteiger partial charge in [-0.2, -0.15) is 0 Å². The molecule has 1 aromatic rings. The molecule has 0 heterocycles. The van der Waals surface area contributed by atoms with Crippen LogP contribution in [0.1, 0.15) is 50.5 Å². The number of carbonyl (C=O) groups excluding carboxylic acids is 1. The van der Waals surface area contributed by atoms with Crippen LogP contribution < -0.4 is 0 Å². The van der Waals surface area contributed by atoms with Crippen molar-refractivity contribution in [2.75, 3.05) is 0 Å². The van der Waals surface area contributed by atoms with Crippen LogP contribution in [0, 0.1) is 5.92 Å². The predicted molar refractivity (Wildman–Crippen MR) is 73.3 cm³/mol. The minimum Gasteiger partial charge on any atom is -0.297 e. The number of benzene rings is 1. The average molecular weight is 253 g/mol. The SMILES string of the molecule is CCCCC(CC)C(=O)C(Cl)c1ccccc1. The van der Waals surface area contributed by atoms with Crippen molar-refractivity contribution >= 4 is 17.4 Å². The Hall–Kier alpha value is -0.820. The molecule has 0 aliphatic heterocycles. The Kier molecular flexibility index (Phi) is 6.28. The molecule has 17 heavy (non-hydrogen) atoms. The van der Waals surface area contributed by atoms with Crippen molar-refractivity contribution in [1.82, 2.24) is 0 Å². The maximum absolute atomic E-state index is 12.2. The fourth-order valence-corrected chi connectivity index (χ4v) is 2.31. The maximum atomic E-state index is 12.2. The number of Topliss-reactive ketones (excluding diaryl/α,β-unsaturated/α-hetero) is 1. The zero-order valence-electron chi connectivity index (χ0n) is 10.7. The van der Waals surface area contributed by atoms with Gasteiger partial charge >= 0.3 is 0 Å². The highest BCUT2D eigenvalue weighted by Crippen LogP contribution is 2.28. The van der Waals surface area contributed by atoms with Crippen molar-refractivity contribution < 1.29 is 4.79 Å². The van der Waals surface area contributed by atoms with Gasteiger partial charge in [-0.15, -0.1) is 11.6 Å². The number of hydrogen-bond acceptors (Lipinski definition) is 1. The fourth-order valence-electron chi connectivity index (χ4n) is 1.99. The van der Waals surface area contributed by atoms with Crippen molar-refractivity contribution in [3.63, 3.8) is 0 Å². The maximum Gasteiger partial charge on any atom is 0.158 e. The largest absolute Gasteiger partial charge is 0.297 e. The highest BCUT2D eigenvalue weighted by atomic mass is 35.5. The van der Waals surface area contributed by atoms with Gasteiger partial charge in [0.1, 0.15) is 5.38 Å². The van der Waals surface area contributed by atoms with Crippen LogP contribution in [0.5, 0.6) is 0 Å². The first-order valence-electron chi connectivity index (χ1n) is 6.43. The van der Waals surface area contributed by atoms with Gasteiger partial charge in [0.25, 0.3) is 0 Å². The second-order valence-electron chi connectivity index (χ2n) is 4.42. The molecule has 2 heteroatoms. The summed E-state index contributed by atoms with van der Waals surface area (Å²) in [4.78, 5) is 12.2. The van der Waals surface area contributed by atoms with Crippen LogP contribution in [-0.2, 0) is 4.79 Å². The third-order valence-electron chi connectivity index (χ3n) is 3.14. The van der Waals surface area contributed by atoms with Crippen molar-refractivity contribution in [3.05, 3.63) is 35.9 Å². The molecule has 0 spiro atoms. The van der Waals surface area contributed by atoms with Crippen LogP contribution in [0.15, 0.2) is 30.3 Å². The number of unbranched alkanes of at least 4 members (excludes halogenated alkanes) is 1. The highest BCUT2D eigenvalue weighted by molar-refractivity contribution is 6.31. The molecule has 1 rings (SSSR count). The van der Waals surface area contributed by atoms with Crippen molar-refractivity contribution in [2.24, 2.45) is 5.92 Å². The number of hydrogen-bond donors (Lipinski definition) is 0.